The smallest absolute Gasteiger partial charge is 0.152 e. The largest absolute Gasteiger partial charge is 0.316 e. The van der Waals surface area contributed by atoms with E-state index in [4.69, 9.17) is 0 Å². The number of aromatic nitrogens is 1. The first kappa shape index (κ1) is 11.7. The molecule has 0 aliphatic heterocycles. The lowest BCUT2D eigenvalue weighted by atomic mass is 10.1. The number of fused-ring (bicyclic) bond motifs is 1. The summed E-state index contributed by atoms with van der Waals surface area (Å²) in [6, 6.07) is 16.4. The Kier molecular flexibility index (Phi) is 2.92. The summed E-state index contributed by atoms with van der Waals surface area (Å²) in [7, 11) is 0. The molecule has 19 heavy (non-hydrogen) atoms. The van der Waals surface area contributed by atoms with E-state index in [-0.39, 0.29) is 0 Å². The van der Waals surface area contributed by atoms with E-state index in [1.165, 1.54) is 5.56 Å². The normalized spacial score (nSPS) is 10.8. The molecule has 2 nitrogen and oxygen atoms in total. The van der Waals surface area contributed by atoms with Gasteiger partial charge >= 0.3 is 0 Å². The van der Waals surface area contributed by atoms with Crippen LogP contribution in [-0.4, -0.2) is 10.9 Å². The van der Waals surface area contributed by atoms with E-state index in [1.54, 1.807) is 0 Å². The highest BCUT2D eigenvalue weighted by Crippen LogP contribution is 2.24. The second kappa shape index (κ2) is 4.73. The van der Waals surface area contributed by atoms with E-state index in [0.717, 1.165) is 34.9 Å². The maximum absolute atomic E-state index is 11.2. The van der Waals surface area contributed by atoms with E-state index >= 15 is 0 Å². The van der Waals surface area contributed by atoms with Gasteiger partial charge < -0.3 is 4.57 Å². The summed E-state index contributed by atoms with van der Waals surface area (Å²) in [5.74, 6) is 0. The Balaban J connectivity index is 2.21. The summed E-state index contributed by atoms with van der Waals surface area (Å²) in [6.45, 7) is 2.14. The van der Waals surface area contributed by atoms with Crippen LogP contribution in [0.5, 0.6) is 0 Å². The van der Waals surface area contributed by atoms with Gasteiger partial charge in [0.1, 0.15) is 0 Å². The van der Waals surface area contributed by atoms with Crippen LogP contribution >= 0.6 is 0 Å². The van der Waals surface area contributed by atoms with Gasteiger partial charge in [0.05, 0.1) is 5.52 Å². The number of nitrogens with zero attached hydrogens (tertiary/aromatic N) is 1. The number of aryl methyl sites for hydroxylation is 1. The van der Waals surface area contributed by atoms with Crippen molar-refractivity contribution < 1.29 is 4.79 Å². The van der Waals surface area contributed by atoms with Gasteiger partial charge in [-0.15, -0.1) is 0 Å². The van der Waals surface area contributed by atoms with Crippen LogP contribution in [-0.2, 0) is 6.42 Å². The minimum Gasteiger partial charge on any atom is -0.316 e. The van der Waals surface area contributed by atoms with Gasteiger partial charge in [-0.1, -0.05) is 37.3 Å². The minimum atomic E-state index is 0.732. The van der Waals surface area contributed by atoms with Crippen molar-refractivity contribution in [1.82, 2.24) is 4.57 Å². The van der Waals surface area contributed by atoms with Crippen LogP contribution in [0.1, 0.15) is 22.8 Å². The molecule has 0 atom stereocenters. The molecule has 1 aromatic heterocycles. The van der Waals surface area contributed by atoms with Gasteiger partial charge in [0.2, 0.25) is 0 Å². The first-order valence-electron chi connectivity index (χ1n) is 6.48. The second-order valence-corrected chi connectivity index (χ2v) is 4.61. The molecule has 0 saturated carbocycles. The van der Waals surface area contributed by atoms with E-state index < -0.39 is 0 Å². The summed E-state index contributed by atoms with van der Waals surface area (Å²) in [5, 5.41) is 0.997. The second-order valence-electron chi connectivity index (χ2n) is 4.61. The minimum absolute atomic E-state index is 0.732. The Hall–Kier alpha value is -2.35. The van der Waals surface area contributed by atoms with Crippen molar-refractivity contribution in [3.05, 3.63) is 65.9 Å². The topological polar surface area (TPSA) is 22.0 Å². The lowest BCUT2D eigenvalue weighted by molar-refractivity contribution is 0.112. The molecule has 3 aromatic rings. The van der Waals surface area contributed by atoms with Crippen LogP contribution in [0.3, 0.4) is 0 Å². The van der Waals surface area contributed by atoms with E-state index in [9.17, 15) is 4.79 Å². The monoisotopic (exact) mass is 249 g/mol. The predicted octanol–water partition coefficient (Wildman–Crippen LogP) is 4.01. The average Bonchev–Trinajstić information content (AvgIpc) is 2.86. The first-order valence-corrected chi connectivity index (χ1v) is 6.48. The van der Waals surface area contributed by atoms with Crippen molar-refractivity contribution in [2.75, 3.05) is 0 Å². The lowest BCUT2D eigenvalue weighted by Gasteiger charge is -2.06. The van der Waals surface area contributed by atoms with Crippen LogP contribution in [0.25, 0.3) is 16.6 Å². The van der Waals surface area contributed by atoms with Crippen LogP contribution in [0.2, 0.25) is 0 Å². The number of carbonyl (C=O) groups excluding carboxylic acids is 1. The maximum atomic E-state index is 11.2. The van der Waals surface area contributed by atoms with Crippen LogP contribution < -0.4 is 0 Å². The number of para-hydroxylation sites is 1. The lowest BCUT2D eigenvalue weighted by Crippen LogP contribution is -1.92. The highest BCUT2D eigenvalue weighted by atomic mass is 16.1. The fourth-order valence-electron chi connectivity index (χ4n) is 2.41. The van der Waals surface area contributed by atoms with Crippen molar-refractivity contribution in [2.45, 2.75) is 13.3 Å². The number of aldehydes is 1. The van der Waals surface area contributed by atoms with Crippen LogP contribution in [0.4, 0.5) is 0 Å². The maximum Gasteiger partial charge on any atom is 0.152 e. The van der Waals surface area contributed by atoms with Gasteiger partial charge in [-0.05, 0) is 30.2 Å². The third-order valence-corrected chi connectivity index (χ3v) is 3.49. The molecule has 0 unspecified atom stereocenters. The molecule has 0 spiro atoms. The average molecular weight is 249 g/mol. The molecule has 1 heterocycles. The molecule has 94 valence electrons. The molecule has 3 rings (SSSR count). The van der Waals surface area contributed by atoms with Gasteiger partial charge in [-0.2, -0.15) is 0 Å². The number of carbonyl (C=O) groups is 1. The SMILES string of the molecule is CCc1ccc(-n2cc(C=O)c3ccccc32)cc1. The fourth-order valence-corrected chi connectivity index (χ4v) is 2.41. The van der Waals surface area contributed by atoms with E-state index in [2.05, 4.69) is 35.8 Å². The summed E-state index contributed by atoms with van der Waals surface area (Å²) in [6.07, 6.45) is 3.85. The quantitative estimate of drug-likeness (QED) is 0.643. The van der Waals surface area contributed by atoms with Gasteiger partial charge in [-0.3, -0.25) is 4.79 Å². The van der Waals surface area contributed by atoms with Crippen molar-refractivity contribution in [3.8, 4) is 5.69 Å². The molecule has 0 aliphatic rings. The Morgan fingerprint density at radius 2 is 1.79 bits per heavy atom. The Bertz CT molecular complexity index is 723. The molecular formula is C17H15NO. The Labute approximate surface area is 112 Å². The molecule has 2 heteroatoms. The zero-order chi connectivity index (χ0) is 13.2. The van der Waals surface area contributed by atoms with Gasteiger partial charge in [0.25, 0.3) is 0 Å². The molecule has 0 N–H and O–H groups in total. The Morgan fingerprint density at radius 1 is 1.05 bits per heavy atom. The standard InChI is InChI=1S/C17H15NO/c1-2-13-7-9-15(10-8-13)18-11-14(12-19)16-5-3-4-6-17(16)18/h3-12H,2H2,1H3. The highest BCUT2D eigenvalue weighted by molar-refractivity contribution is 5.98. The number of rotatable bonds is 3. The number of hydrogen-bond donors (Lipinski definition) is 0. The summed E-state index contributed by atoms with van der Waals surface area (Å²) in [5.41, 5.74) is 4.20. The predicted molar refractivity (Wildman–Crippen MR) is 78.0 cm³/mol. The fraction of sp³-hybridized carbons (Fsp3) is 0.118. The summed E-state index contributed by atoms with van der Waals surface area (Å²) < 4.78 is 2.07. The van der Waals surface area contributed by atoms with E-state index in [1.807, 2.05) is 30.5 Å². The zero-order valence-electron chi connectivity index (χ0n) is 10.8. The molecule has 0 radical (unpaired) electrons. The number of benzene rings is 2. The van der Waals surface area contributed by atoms with Crippen molar-refractivity contribution >= 4 is 17.2 Å². The first-order chi connectivity index (χ1) is 9.33. The van der Waals surface area contributed by atoms with Crippen molar-refractivity contribution in [2.24, 2.45) is 0 Å². The third kappa shape index (κ3) is 1.95. The highest BCUT2D eigenvalue weighted by Gasteiger charge is 2.08. The summed E-state index contributed by atoms with van der Waals surface area (Å²) >= 11 is 0. The van der Waals surface area contributed by atoms with Gasteiger partial charge in [0, 0.05) is 22.8 Å². The van der Waals surface area contributed by atoms with Crippen molar-refractivity contribution in [1.29, 1.82) is 0 Å². The Morgan fingerprint density at radius 3 is 2.47 bits per heavy atom. The summed E-state index contributed by atoms with van der Waals surface area (Å²) in [4.78, 5) is 11.2. The van der Waals surface area contributed by atoms with Crippen molar-refractivity contribution in [3.63, 3.8) is 0 Å². The molecule has 0 aliphatic carbocycles. The molecule has 0 amide bonds. The van der Waals surface area contributed by atoms with Crippen LogP contribution in [0.15, 0.2) is 54.7 Å². The van der Waals surface area contributed by atoms with Gasteiger partial charge in [0.15, 0.2) is 6.29 Å². The molecule has 2 aromatic carbocycles. The van der Waals surface area contributed by atoms with Gasteiger partial charge in [-0.25, -0.2) is 0 Å². The van der Waals surface area contributed by atoms with Crippen LogP contribution in [0, 0.1) is 0 Å². The van der Waals surface area contributed by atoms with E-state index in [0.29, 0.717) is 0 Å². The zero-order valence-corrected chi connectivity index (χ0v) is 10.8. The third-order valence-electron chi connectivity index (χ3n) is 3.49. The molecular weight excluding hydrogens is 234 g/mol. The molecule has 0 fully saturated rings. The molecule has 0 bridgehead atoms. The molecule has 0 saturated heterocycles. The number of hydrogen-bond acceptors (Lipinski definition) is 1.